The monoisotopic (exact) mass is 212 g/mol. The van der Waals surface area contributed by atoms with E-state index < -0.39 is 18.8 Å². The first-order valence-electron chi connectivity index (χ1n) is 4.32. The Morgan fingerprint density at radius 1 is 1.33 bits per heavy atom. The summed E-state index contributed by atoms with van der Waals surface area (Å²) in [7, 11) is 0. The van der Waals surface area contributed by atoms with E-state index >= 15 is 0 Å². The first kappa shape index (κ1) is 11.4. The van der Waals surface area contributed by atoms with Gasteiger partial charge in [-0.1, -0.05) is 24.8 Å². The van der Waals surface area contributed by atoms with Gasteiger partial charge in [-0.25, -0.2) is 13.6 Å². The van der Waals surface area contributed by atoms with Crippen molar-refractivity contribution in [2.75, 3.05) is 0 Å². The van der Waals surface area contributed by atoms with Gasteiger partial charge in [0.05, 0.1) is 0 Å². The predicted octanol–water partition coefficient (Wildman–Crippen LogP) is 2.80. The molecule has 0 saturated carbocycles. The van der Waals surface area contributed by atoms with Crippen molar-refractivity contribution in [3.8, 4) is 5.75 Å². The highest BCUT2D eigenvalue weighted by atomic mass is 19.3. The zero-order valence-electron chi connectivity index (χ0n) is 7.95. The molecule has 0 aliphatic rings. The van der Waals surface area contributed by atoms with E-state index in [4.69, 9.17) is 4.74 Å². The maximum Gasteiger partial charge on any atom is 0.339 e. The van der Waals surface area contributed by atoms with Gasteiger partial charge in [-0.05, 0) is 12.1 Å². The first-order chi connectivity index (χ1) is 7.09. The van der Waals surface area contributed by atoms with Gasteiger partial charge in [0.2, 0.25) is 6.43 Å². The Kier molecular flexibility index (Phi) is 3.97. The van der Waals surface area contributed by atoms with Crippen molar-refractivity contribution in [3.63, 3.8) is 0 Å². The van der Waals surface area contributed by atoms with Gasteiger partial charge in [0.1, 0.15) is 5.75 Å². The average molecular weight is 212 g/mol. The molecular formula is C11H10F2O2. The number of carbonyl (C=O) groups is 1. The Bertz CT molecular complexity index is 347. The maximum atomic E-state index is 11.9. The van der Waals surface area contributed by atoms with Gasteiger partial charge in [0, 0.05) is 12.0 Å². The molecule has 0 aliphatic carbocycles. The third-order valence-electron chi connectivity index (χ3n) is 1.64. The molecule has 0 radical (unpaired) electrons. The lowest BCUT2D eigenvalue weighted by Gasteiger charge is -2.05. The van der Waals surface area contributed by atoms with Crippen molar-refractivity contribution in [2.24, 2.45) is 0 Å². The van der Waals surface area contributed by atoms with Crippen LogP contribution in [0.3, 0.4) is 0 Å². The fourth-order valence-corrected chi connectivity index (χ4v) is 0.937. The molecule has 0 fully saturated rings. The van der Waals surface area contributed by atoms with Gasteiger partial charge in [-0.15, -0.1) is 0 Å². The molecule has 0 saturated heterocycles. The molecule has 1 aromatic rings. The van der Waals surface area contributed by atoms with Gasteiger partial charge in [-0.3, -0.25) is 0 Å². The smallest absolute Gasteiger partial charge is 0.339 e. The summed E-state index contributed by atoms with van der Waals surface area (Å²) in [6, 6.07) is 8.24. The van der Waals surface area contributed by atoms with Crippen molar-refractivity contribution < 1.29 is 18.3 Å². The van der Waals surface area contributed by atoms with Gasteiger partial charge < -0.3 is 4.74 Å². The van der Waals surface area contributed by atoms with Crippen LogP contribution in [0.4, 0.5) is 8.78 Å². The molecule has 4 heteroatoms. The minimum absolute atomic E-state index is 0.228. The zero-order valence-corrected chi connectivity index (χ0v) is 7.95. The molecule has 0 aromatic heterocycles. The minimum atomic E-state index is -2.58. The van der Waals surface area contributed by atoms with Crippen molar-refractivity contribution >= 4 is 5.97 Å². The van der Waals surface area contributed by atoms with Crippen LogP contribution in [0.25, 0.3) is 0 Å². The lowest BCUT2D eigenvalue weighted by Crippen LogP contribution is -2.12. The largest absolute Gasteiger partial charge is 0.423 e. The lowest BCUT2D eigenvalue weighted by molar-refractivity contribution is -0.130. The molecule has 80 valence electrons. The van der Waals surface area contributed by atoms with Crippen LogP contribution < -0.4 is 4.74 Å². The second kappa shape index (κ2) is 5.24. The molecule has 0 bridgehead atoms. The van der Waals surface area contributed by atoms with Crippen LogP contribution in [-0.2, 0) is 4.79 Å². The standard InChI is InChI=1S/C11H10F2O2/c1-8(7-10(12)13)11(14)15-9-5-3-2-4-6-9/h2-6,10H,1,7H2. The number of alkyl halides is 2. The Morgan fingerprint density at radius 2 is 1.93 bits per heavy atom. The predicted molar refractivity (Wildman–Crippen MR) is 51.8 cm³/mol. The fraction of sp³-hybridized carbons (Fsp3) is 0.182. The molecule has 0 atom stereocenters. The van der Waals surface area contributed by atoms with E-state index in [2.05, 4.69) is 6.58 Å². The van der Waals surface area contributed by atoms with E-state index in [1.165, 1.54) is 0 Å². The van der Waals surface area contributed by atoms with Crippen molar-refractivity contribution in [2.45, 2.75) is 12.8 Å². The normalized spacial score (nSPS) is 10.1. The molecule has 0 spiro atoms. The van der Waals surface area contributed by atoms with E-state index in [1.54, 1.807) is 30.3 Å². The van der Waals surface area contributed by atoms with E-state index in [1.807, 2.05) is 0 Å². The van der Waals surface area contributed by atoms with Crippen LogP contribution in [0.5, 0.6) is 5.75 Å². The highest BCUT2D eigenvalue weighted by Gasteiger charge is 2.14. The summed E-state index contributed by atoms with van der Waals surface area (Å²) >= 11 is 0. The summed E-state index contributed by atoms with van der Waals surface area (Å²) in [6.45, 7) is 3.24. The molecular weight excluding hydrogens is 202 g/mol. The number of ether oxygens (including phenoxy) is 1. The van der Waals surface area contributed by atoms with E-state index in [-0.39, 0.29) is 5.57 Å². The van der Waals surface area contributed by atoms with Crippen molar-refractivity contribution in [1.82, 2.24) is 0 Å². The third kappa shape index (κ3) is 3.89. The zero-order chi connectivity index (χ0) is 11.3. The highest BCUT2D eigenvalue weighted by molar-refractivity contribution is 5.89. The minimum Gasteiger partial charge on any atom is -0.423 e. The quantitative estimate of drug-likeness (QED) is 0.436. The summed E-state index contributed by atoms with van der Waals surface area (Å²) in [4.78, 5) is 11.2. The fourth-order valence-electron chi connectivity index (χ4n) is 0.937. The number of rotatable bonds is 4. The number of esters is 1. The van der Waals surface area contributed by atoms with E-state index in [0.717, 1.165) is 0 Å². The number of hydrogen-bond acceptors (Lipinski definition) is 2. The van der Waals surface area contributed by atoms with Gasteiger partial charge >= 0.3 is 5.97 Å². The lowest BCUT2D eigenvalue weighted by atomic mass is 10.2. The van der Waals surface area contributed by atoms with Crippen LogP contribution in [0.2, 0.25) is 0 Å². The van der Waals surface area contributed by atoms with E-state index in [9.17, 15) is 13.6 Å². The van der Waals surface area contributed by atoms with Crippen LogP contribution in [0, 0.1) is 0 Å². The van der Waals surface area contributed by atoms with E-state index in [0.29, 0.717) is 5.75 Å². The maximum absolute atomic E-state index is 11.9. The summed E-state index contributed by atoms with van der Waals surface area (Å²) in [5.74, 6) is -0.501. The molecule has 0 heterocycles. The highest BCUT2D eigenvalue weighted by Crippen LogP contribution is 2.13. The summed E-state index contributed by atoms with van der Waals surface area (Å²) < 4.78 is 28.6. The van der Waals surface area contributed by atoms with Crippen LogP contribution >= 0.6 is 0 Å². The Labute approximate surface area is 86.2 Å². The van der Waals surface area contributed by atoms with Crippen LogP contribution in [0.15, 0.2) is 42.5 Å². The molecule has 1 aromatic carbocycles. The molecule has 0 unspecified atom stereocenters. The Balaban J connectivity index is 2.53. The van der Waals surface area contributed by atoms with Crippen LogP contribution in [0.1, 0.15) is 6.42 Å². The van der Waals surface area contributed by atoms with Crippen LogP contribution in [-0.4, -0.2) is 12.4 Å². The number of carbonyl (C=O) groups excluding carboxylic acids is 1. The molecule has 0 amide bonds. The molecule has 0 N–H and O–H groups in total. The topological polar surface area (TPSA) is 26.3 Å². The second-order valence-corrected chi connectivity index (χ2v) is 2.90. The SMILES string of the molecule is C=C(CC(F)F)C(=O)Oc1ccccc1. The van der Waals surface area contributed by atoms with Gasteiger partial charge in [0.25, 0.3) is 0 Å². The second-order valence-electron chi connectivity index (χ2n) is 2.90. The summed E-state index contributed by atoms with van der Waals surface area (Å²) in [6.07, 6.45) is -3.24. The number of halogens is 2. The average Bonchev–Trinajstić information content (AvgIpc) is 2.18. The number of benzene rings is 1. The molecule has 1 rings (SSSR count). The Morgan fingerprint density at radius 3 is 2.47 bits per heavy atom. The molecule has 0 aliphatic heterocycles. The van der Waals surface area contributed by atoms with Crippen molar-refractivity contribution in [3.05, 3.63) is 42.5 Å². The summed E-state index contributed by atoms with van der Waals surface area (Å²) in [5, 5.41) is 0. The van der Waals surface area contributed by atoms with Crippen molar-refractivity contribution in [1.29, 1.82) is 0 Å². The third-order valence-corrected chi connectivity index (χ3v) is 1.64. The number of hydrogen-bond donors (Lipinski definition) is 0. The first-order valence-corrected chi connectivity index (χ1v) is 4.32. The van der Waals surface area contributed by atoms with Gasteiger partial charge in [-0.2, -0.15) is 0 Å². The Hall–Kier alpha value is -1.71. The molecule has 2 nitrogen and oxygen atoms in total. The number of para-hydroxylation sites is 1. The van der Waals surface area contributed by atoms with Gasteiger partial charge in [0.15, 0.2) is 0 Å². The molecule has 15 heavy (non-hydrogen) atoms. The summed E-state index contributed by atoms with van der Waals surface area (Å²) in [5.41, 5.74) is -0.228.